The summed E-state index contributed by atoms with van der Waals surface area (Å²) in [6, 6.07) is 13.0. The Morgan fingerprint density at radius 3 is 2.61 bits per heavy atom. The van der Waals surface area contributed by atoms with Crippen molar-refractivity contribution in [3.05, 3.63) is 53.6 Å². The molecule has 0 aromatic heterocycles. The zero-order valence-electron chi connectivity index (χ0n) is 16.4. The van der Waals surface area contributed by atoms with Crippen LogP contribution in [0.3, 0.4) is 0 Å². The number of fused-ring (bicyclic) bond motifs is 2. The lowest BCUT2D eigenvalue weighted by atomic mass is 9.95. The molecule has 2 aromatic carbocycles. The van der Waals surface area contributed by atoms with Gasteiger partial charge in [-0.1, -0.05) is 31.5 Å². The summed E-state index contributed by atoms with van der Waals surface area (Å²) in [7, 11) is -3.68. The highest BCUT2D eigenvalue weighted by Crippen LogP contribution is 2.38. The Morgan fingerprint density at radius 2 is 1.86 bits per heavy atom. The number of anilines is 2. The van der Waals surface area contributed by atoms with Crippen LogP contribution in [0.15, 0.2) is 47.4 Å². The predicted molar refractivity (Wildman–Crippen MR) is 111 cm³/mol. The minimum Gasteiger partial charge on any atom is -0.312 e. The number of benzene rings is 2. The first-order valence-electron chi connectivity index (χ1n) is 9.97. The summed E-state index contributed by atoms with van der Waals surface area (Å²) in [6.07, 6.45) is 4.22. The maximum atomic E-state index is 13.7. The first-order valence-corrected chi connectivity index (χ1v) is 11.4. The highest BCUT2D eigenvalue weighted by atomic mass is 32.2. The fourth-order valence-electron chi connectivity index (χ4n) is 4.47. The van der Waals surface area contributed by atoms with Crippen molar-refractivity contribution in [3.8, 4) is 0 Å². The second kappa shape index (κ2) is 7.24. The molecule has 5 nitrogen and oxygen atoms in total. The highest BCUT2D eigenvalue weighted by molar-refractivity contribution is 7.92. The number of amides is 1. The van der Waals surface area contributed by atoms with Crippen molar-refractivity contribution in [2.75, 3.05) is 15.7 Å². The van der Waals surface area contributed by atoms with E-state index in [0.717, 1.165) is 48.2 Å². The second-order valence-corrected chi connectivity index (χ2v) is 9.44. The SMILES string of the molecule is CCC[C@@H]1CCc2ccccc2N1S(=O)(=O)c1ccc2c(c1)CCN2C(C)=O. The third kappa shape index (κ3) is 3.09. The monoisotopic (exact) mass is 398 g/mol. The number of carbonyl (C=O) groups is 1. The Hall–Kier alpha value is -2.34. The second-order valence-electron chi connectivity index (χ2n) is 7.62. The van der Waals surface area contributed by atoms with E-state index in [-0.39, 0.29) is 11.9 Å². The Balaban J connectivity index is 1.78. The van der Waals surface area contributed by atoms with Crippen molar-refractivity contribution >= 4 is 27.3 Å². The lowest BCUT2D eigenvalue weighted by molar-refractivity contribution is -0.116. The van der Waals surface area contributed by atoms with Gasteiger partial charge in [0.25, 0.3) is 10.0 Å². The van der Waals surface area contributed by atoms with Crippen molar-refractivity contribution in [1.29, 1.82) is 0 Å². The number of para-hydroxylation sites is 1. The summed E-state index contributed by atoms with van der Waals surface area (Å²) in [5.74, 6) is -0.0117. The lowest BCUT2D eigenvalue weighted by Gasteiger charge is -2.38. The largest absolute Gasteiger partial charge is 0.312 e. The van der Waals surface area contributed by atoms with Crippen molar-refractivity contribution < 1.29 is 13.2 Å². The molecule has 0 saturated heterocycles. The Kier molecular flexibility index (Phi) is 4.91. The zero-order chi connectivity index (χ0) is 19.9. The van der Waals surface area contributed by atoms with Crippen molar-refractivity contribution in [2.45, 2.75) is 56.9 Å². The van der Waals surface area contributed by atoms with Crippen LogP contribution in [-0.4, -0.2) is 26.9 Å². The van der Waals surface area contributed by atoms with E-state index in [2.05, 4.69) is 6.92 Å². The van der Waals surface area contributed by atoms with Crippen LogP contribution >= 0.6 is 0 Å². The molecule has 0 N–H and O–H groups in total. The van der Waals surface area contributed by atoms with Gasteiger partial charge in [-0.2, -0.15) is 0 Å². The number of nitrogens with zero attached hydrogens (tertiary/aromatic N) is 2. The van der Waals surface area contributed by atoms with Crippen LogP contribution in [0.5, 0.6) is 0 Å². The molecule has 0 fully saturated rings. The molecule has 28 heavy (non-hydrogen) atoms. The van der Waals surface area contributed by atoms with Crippen molar-refractivity contribution in [2.24, 2.45) is 0 Å². The first kappa shape index (κ1) is 19.0. The number of rotatable bonds is 4. The van der Waals surface area contributed by atoms with E-state index < -0.39 is 10.0 Å². The van der Waals surface area contributed by atoms with Crippen molar-refractivity contribution in [3.63, 3.8) is 0 Å². The summed E-state index contributed by atoms with van der Waals surface area (Å²) in [4.78, 5) is 13.8. The Bertz CT molecular complexity index is 1020. The molecule has 0 saturated carbocycles. The summed E-state index contributed by atoms with van der Waals surface area (Å²) < 4.78 is 29.0. The first-order chi connectivity index (χ1) is 13.4. The van der Waals surface area contributed by atoms with Crippen LogP contribution in [0, 0.1) is 0 Å². The van der Waals surface area contributed by atoms with Gasteiger partial charge >= 0.3 is 0 Å². The minimum absolute atomic E-state index is 0.0117. The predicted octanol–water partition coefficient (Wildman–Crippen LogP) is 3.91. The number of hydrogen-bond acceptors (Lipinski definition) is 3. The molecule has 2 aromatic rings. The van der Waals surface area contributed by atoms with Gasteiger partial charge in [0.05, 0.1) is 10.6 Å². The maximum Gasteiger partial charge on any atom is 0.264 e. The smallest absolute Gasteiger partial charge is 0.264 e. The third-order valence-corrected chi connectivity index (χ3v) is 7.68. The van der Waals surface area contributed by atoms with Crippen molar-refractivity contribution in [1.82, 2.24) is 0 Å². The molecule has 4 rings (SSSR count). The Labute approximate surface area is 167 Å². The topological polar surface area (TPSA) is 57.7 Å². The summed E-state index contributed by atoms with van der Waals surface area (Å²) in [5.41, 5.74) is 3.64. The van der Waals surface area contributed by atoms with Crippen LogP contribution in [0.1, 0.15) is 44.2 Å². The summed E-state index contributed by atoms with van der Waals surface area (Å²) >= 11 is 0. The fraction of sp³-hybridized carbons (Fsp3) is 0.409. The molecule has 6 heteroatoms. The molecule has 1 amide bonds. The van der Waals surface area contributed by atoms with E-state index in [1.165, 1.54) is 0 Å². The molecule has 0 aliphatic carbocycles. The molecule has 148 valence electrons. The fourth-order valence-corrected chi connectivity index (χ4v) is 6.27. The van der Waals surface area contributed by atoms with Gasteiger partial charge in [-0.15, -0.1) is 0 Å². The molecule has 0 radical (unpaired) electrons. The van der Waals surface area contributed by atoms with Gasteiger partial charge in [0.2, 0.25) is 5.91 Å². The molecule has 1 atom stereocenters. The maximum absolute atomic E-state index is 13.7. The average Bonchev–Trinajstić information content (AvgIpc) is 3.11. The number of carbonyl (C=O) groups excluding carboxylic acids is 1. The summed E-state index contributed by atoms with van der Waals surface area (Å²) in [5, 5.41) is 0. The van der Waals surface area contributed by atoms with E-state index in [4.69, 9.17) is 0 Å². The van der Waals surface area contributed by atoms with Gasteiger partial charge in [-0.05, 0) is 61.1 Å². The molecular weight excluding hydrogens is 372 g/mol. The van der Waals surface area contributed by atoms with Gasteiger partial charge in [0.1, 0.15) is 0 Å². The molecule has 2 aliphatic rings. The van der Waals surface area contributed by atoms with E-state index in [1.54, 1.807) is 34.3 Å². The van der Waals surface area contributed by atoms with Crippen LogP contribution in [-0.2, 0) is 27.7 Å². The molecular formula is C22H26N2O3S. The van der Waals surface area contributed by atoms with E-state index >= 15 is 0 Å². The normalized spacial score (nSPS) is 18.7. The van der Waals surface area contributed by atoms with Crippen LogP contribution in [0.25, 0.3) is 0 Å². The van der Waals surface area contributed by atoms with Gasteiger partial charge in [-0.3, -0.25) is 9.10 Å². The minimum atomic E-state index is -3.68. The molecule has 0 unspecified atom stereocenters. The number of hydrogen-bond donors (Lipinski definition) is 0. The highest BCUT2D eigenvalue weighted by Gasteiger charge is 2.36. The van der Waals surface area contributed by atoms with Crippen LogP contribution < -0.4 is 9.21 Å². The number of aryl methyl sites for hydroxylation is 1. The van der Waals surface area contributed by atoms with Gasteiger partial charge in [0.15, 0.2) is 0 Å². The van der Waals surface area contributed by atoms with E-state index in [9.17, 15) is 13.2 Å². The standard InChI is InChI=1S/C22H26N2O3S/c1-3-6-19-10-9-17-7-4-5-8-22(17)24(19)28(26,27)20-11-12-21-18(15-20)13-14-23(21)16(2)25/h4-5,7-8,11-12,15,19H,3,6,9-10,13-14H2,1-2H3/t19-/m1/s1. The molecule has 0 bridgehead atoms. The van der Waals surface area contributed by atoms with E-state index in [0.29, 0.717) is 17.9 Å². The van der Waals surface area contributed by atoms with Crippen LogP contribution in [0.4, 0.5) is 11.4 Å². The number of sulfonamides is 1. The zero-order valence-corrected chi connectivity index (χ0v) is 17.2. The van der Waals surface area contributed by atoms with Gasteiger partial charge < -0.3 is 4.90 Å². The molecule has 2 aliphatic heterocycles. The lowest BCUT2D eigenvalue weighted by Crippen LogP contribution is -2.43. The Morgan fingerprint density at radius 1 is 1.07 bits per heavy atom. The van der Waals surface area contributed by atoms with Gasteiger partial charge in [0, 0.05) is 25.2 Å². The quantitative estimate of drug-likeness (QED) is 0.785. The molecule has 2 heterocycles. The third-order valence-electron chi connectivity index (χ3n) is 5.81. The summed E-state index contributed by atoms with van der Waals surface area (Å²) in [6.45, 7) is 4.25. The average molecular weight is 399 g/mol. The molecule has 0 spiro atoms. The van der Waals surface area contributed by atoms with E-state index in [1.807, 2.05) is 24.3 Å². The van der Waals surface area contributed by atoms with Crippen LogP contribution in [0.2, 0.25) is 0 Å². The van der Waals surface area contributed by atoms with Gasteiger partial charge in [-0.25, -0.2) is 8.42 Å².